The van der Waals surface area contributed by atoms with Gasteiger partial charge in [-0.1, -0.05) is 17.4 Å². The van der Waals surface area contributed by atoms with Crippen molar-refractivity contribution in [3.8, 4) is 0 Å². The molecule has 2 aromatic carbocycles. The first-order valence-corrected chi connectivity index (χ1v) is 12.4. The van der Waals surface area contributed by atoms with E-state index in [2.05, 4.69) is 48.6 Å². The zero-order valence-electron chi connectivity index (χ0n) is 23.4. The molecule has 1 unspecified atom stereocenters. The predicted octanol–water partition coefficient (Wildman–Crippen LogP) is 6.68. The van der Waals surface area contributed by atoms with Crippen LogP contribution in [0.2, 0.25) is 0 Å². The Bertz CT molecular complexity index is 1320. The minimum absolute atomic E-state index is 0. The normalized spacial score (nSPS) is 17.2. The van der Waals surface area contributed by atoms with Gasteiger partial charge < -0.3 is 24.5 Å². The third-order valence-corrected chi connectivity index (χ3v) is 7.38. The number of aromatic nitrogens is 1. The number of anilines is 3. The van der Waals surface area contributed by atoms with Crippen LogP contribution >= 0.6 is 36.2 Å². The van der Waals surface area contributed by atoms with Gasteiger partial charge in [0.15, 0.2) is 5.13 Å². The SMILES string of the molecule is CC1(C)CC(CNC(=O)c2ccc(Nc3nc(N)c(C(=O)c4c(F)cccc4F)s3)cc2)C(C)(C)N1.Cl.Cl.[H-].[H-].[HH].[HH].[HH]. The Morgan fingerprint density at radius 3 is 2.29 bits per heavy atom. The summed E-state index contributed by atoms with van der Waals surface area (Å²) in [5, 5.41) is 9.93. The van der Waals surface area contributed by atoms with E-state index in [-0.39, 0.29) is 64.8 Å². The Morgan fingerprint density at radius 2 is 1.74 bits per heavy atom. The van der Waals surface area contributed by atoms with E-state index in [1.54, 1.807) is 24.3 Å². The molecule has 1 aromatic heterocycles. The van der Waals surface area contributed by atoms with Crippen molar-refractivity contribution in [2.75, 3.05) is 17.6 Å². The molecule has 2 heterocycles. The molecular weight excluding hydrogens is 555 g/mol. The minimum atomic E-state index is -0.965. The summed E-state index contributed by atoms with van der Waals surface area (Å²) in [4.78, 5) is 29.4. The highest BCUT2D eigenvalue weighted by atomic mass is 35.5. The van der Waals surface area contributed by atoms with Gasteiger partial charge in [0.1, 0.15) is 22.3 Å². The molecule has 0 radical (unpaired) electrons. The molecule has 0 saturated carbocycles. The first-order chi connectivity index (χ1) is 16.9. The predicted molar refractivity (Wildman–Crippen MR) is 161 cm³/mol. The number of halogens is 4. The summed E-state index contributed by atoms with van der Waals surface area (Å²) in [6, 6.07) is 9.97. The van der Waals surface area contributed by atoms with Crippen molar-refractivity contribution in [3.63, 3.8) is 0 Å². The monoisotopic (exact) mass is 593 g/mol. The Kier molecular flexibility index (Phi) is 9.88. The molecule has 4 rings (SSSR count). The van der Waals surface area contributed by atoms with Gasteiger partial charge in [0.2, 0.25) is 5.78 Å². The number of nitrogens with one attached hydrogen (secondary N) is 3. The Balaban J connectivity index is -0.00000109. The fourth-order valence-electron chi connectivity index (χ4n) is 4.75. The van der Waals surface area contributed by atoms with Gasteiger partial charge in [0.25, 0.3) is 5.91 Å². The summed E-state index contributed by atoms with van der Waals surface area (Å²) in [6.45, 7) is 9.19. The molecule has 0 spiro atoms. The molecule has 7 nitrogen and oxygen atoms in total. The number of rotatable bonds is 7. The van der Waals surface area contributed by atoms with Crippen molar-refractivity contribution in [2.24, 2.45) is 5.92 Å². The van der Waals surface area contributed by atoms with Gasteiger partial charge in [0.05, 0.1) is 5.56 Å². The Morgan fingerprint density at radius 1 is 1.13 bits per heavy atom. The summed E-state index contributed by atoms with van der Waals surface area (Å²) in [5.74, 6) is -2.79. The van der Waals surface area contributed by atoms with Crippen molar-refractivity contribution in [3.05, 3.63) is 70.1 Å². The maximum Gasteiger partial charge on any atom is 0.251 e. The molecular formula is C26H39Cl2F2N5O2S-2. The third kappa shape index (κ3) is 6.79. The van der Waals surface area contributed by atoms with Gasteiger partial charge in [0, 0.05) is 33.2 Å². The number of amides is 1. The van der Waals surface area contributed by atoms with Gasteiger partial charge >= 0.3 is 0 Å². The second-order valence-corrected chi connectivity index (χ2v) is 11.2. The number of carbonyl (C=O) groups excluding carboxylic acids is 2. The van der Waals surface area contributed by atoms with Crippen molar-refractivity contribution in [1.29, 1.82) is 0 Å². The highest BCUT2D eigenvalue weighted by Gasteiger charge is 2.43. The number of nitrogen functional groups attached to an aromatic ring is 1. The van der Waals surface area contributed by atoms with Crippen LogP contribution in [0.15, 0.2) is 42.5 Å². The van der Waals surface area contributed by atoms with Crippen LogP contribution in [0.3, 0.4) is 0 Å². The average molecular weight is 595 g/mol. The second kappa shape index (κ2) is 11.9. The van der Waals surface area contributed by atoms with Crippen LogP contribution in [0, 0.1) is 17.6 Å². The van der Waals surface area contributed by atoms with Gasteiger partial charge in [-0.05, 0) is 76.4 Å². The van der Waals surface area contributed by atoms with Crippen LogP contribution in [0.4, 0.5) is 25.4 Å². The van der Waals surface area contributed by atoms with Crippen LogP contribution in [0.5, 0.6) is 0 Å². The molecule has 12 heteroatoms. The lowest BCUT2D eigenvalue weighted by molar-refractivity contribution is 0.0942. The highest BCUT2D eigenvalue weighted by Crippen LogP contribution is 2.35. The zero-order valence-corrected chi connectivity index (χ0v) is 23.8. The van der Waals surface area contributed by atoms with Crippen LogP contribution in [0.25, 0.3) is 0 Å². The van der Waals surface area contributed by atoms with Crippen molar-refractivity contribution < 1.29 is 25.5 Å². The summed E-state index contributed by atoms with van der Waals surface area (Å²) >= 11 is 0.892. The van der Waals surface area contributed by atoms with Gasteiger partial charge in [-0.3, -0.25) is 9.59 Å². The number of nitrogens with zero attached hydrogens (tertiary/aromatic N) is 1. The quantitative estimate of drug-likeness (QED) is 0.227. The Labute approximate surface area is 244 Å². The zero-order chi connectivity index (χ0) is 26.3. The maximum absolute atomic E-state index is 14.0. The molecule has 1 aliphatic heterocycles. The fourth-order valence-corrected chi connectivity index (χ4v) is 5.60. The first-order valence-electron chi connectivity index (χ1n) is 11.6. The van der Waals surface area contributed by atoms with Crippen LogP contribution < -0.4 is 21.7 Å². The van der Waals surface area contributed by atoms with Crippen molar-refractivity contribution in [2.45, 2.75) is 45.2 Å². The van der Waals surface area contributed by atoms with Crippen LogP contribution in [-0.2, 0) is 0 Å². The molecule has 0 aliphatic carbocycles. The van der Waals surface area contributed by atoms with Gasteiger partial charge in [-0.15, -0.1) is 24.8 Å². The number of carbonyl (C=O) groups is 2. The summed E-state index contributed by atoms with van der Waals surface area (Å²) < 4.78 is 28.0. The number of ketones is 1. The highest BCUT2D eigenvalue weighted by molar-refractivity contribution is 7.18. The number of nitrogens with two attached hydrogens (primary N) is 1. The molecule has 216 valence electrons. The summed E-state index contributed by atoms with van der Waals surface area (Å²) in [6.07, 6.45) is 0.966. The lowest BCUT2D eigenvalue weighted by Gasteiger charge is -2.28. The van der Waals surface area contributed by atoms with E-state index >= 15 is 0 Å². The molecule has 1 aliphatic rings. The van der Waals surface area contributed by atoms with E-state index in [0.29, 0.717) is 23.7 Å². The Hall–Kier alpha value is -2.79. The second-order valence-electron chi connectivity index (χ2n) is 10.2. The largest absolute Gasteiger partial charge is 1.00 e. The van der Waals surface area contributed by atoms with E-state index in [4.69, 9.17) is 5.73 Å². The van der Waals surface area contributed by atoms with E-state index in [0.717, 1.165) is 29.9 Å². The summed E-state index contributed by atoms with van der Waals surface area (Å²) in [7, 11) is 0. The van der Waals surface area contributed by atoms with E-state index in [9.17, 15) is 18.4 Å². The van der Waals surface area contributed by atoms with Gasteiger partial charge in [-0.25, -0.2) is 13.8 Å². The van der Waals surface area contributed by atoms with Gasteiger partial charge in [-0.2, -0.15) is 0 Å². The van der Waals surface area contributed by atoms with Crippen molar-refractivity contribution >= 4 is 64.5 Å². The van der Waals surface area contributed by atoms with Crippen molar-refractivity contribution in [1.82, 2.24) is 15.6 Å². The summed E-state index contributed by atoms with van der Waals surface area (Å²) in [5.41, 5.74) is 6.26. The molecule has 3 aromatic rings. The standard InChI is InChI=1S/C26H29F2N5O2S.2ClH.3H2.2H/c1-25(2)12-15(26(3,4)33-25)13-30-23(35)14-8-10-16(11-9-14)31-24-32-22(29)21(36-24)20(34)19-17(27)6-5-7-18(19)28;;;;;;;/h5-11,15,33H,12-13,29H2,1-4H3,(H,30,35)(H,31,32);5*1H;;/q;;;;;;2*-1. The topological polar surface area (TPSA) is 109 Å². The van der Waals surface area contributed by atoms with E-state index in [1.165, 1.54) is 6.07 Å². The number of benzene rings is 2. The molecule has 1 fully saturated rings. The first kappa shape index (κ1) is 31.4. The average Bonchev–Trinajstić information content (AvgIpc) is 3.25. The van der Waals surface area contributed by atoms with Crippen LogP contribution in [-0.4, -0.2) is 34.3 Å². The lowest BCUT2D eigenvalue weighted by Crippen LogP contribution is -2.47. The minimum Gasteiger partial charge on any atom is -1.00 e. The van der Waals surface area contributed by atoms with E-state index < -0.39 is 23.0 Å². The molecule has 5 N–H and O–H groups in total. The third-order valence-electron chi connectivity index (χ3n) is 6.39. The molecule has 1 saturated heterocycles. The number of thiazole rings is 1. The molecule has 38 heavy (non-hydrogen) atoms. The number of hydrogen-bond acceptors (Lipinski definition) is 7. The van der Waals surface area contributed by atoms with E-state index in [1.807, 2.05) is 0 Å². The molecule has 1 amide bonds. The lowest BCUT2D eigenvalue weighted by atomic mass is 9.87. The smallest absolute Gasteiger partial charge is 0.251 e. The molecule has 1 atom stereocenters. The maximum atomic E-state index is 14.0. The molecule has 0 bridgehead atoms. The fraction of sp³-hybridized carbons (Fsp3) is 0.346. The van der Waals surface area contributed by atoms with Crippen LogP contribution in [0.1, 0.15) is 66.8 Å². The number of hydrogen-bond donors (Lipinski definition) is 4.